The summed E-state index contributed by atoms with van der Waals surface area (Å²) in [5.41, 5.74) is 1.34. The summed E-state index contributed by atoms with van der Waals surface area (Å²) in [6.45, 7) is 4.81. The molecule has 6 nitrogen and oxygen atoms in total. The summed E-state index contributed by atoms with van der Waals surface area (Å²) in [5.74, 6) is -0.0768. The summed E-state index contributed by atoms with van der Waals surface area (Å²) < 4.78 is 1.58. The number of rotatable bonds is 6. The first-order valence-corrected chi connectivity index (χ1v) is 7.15. The van der Waals surface area contributed by atoms with E-state index in [1.807, 2.05) is 13.8 Å². The minimum Gasteiger partial charge on any atom is -0.324 e. The molecule has 0 aliphatic heterocycles. The van der Waals surface area contributed by atoms with Gasteiger partial charge in [-0.1, -0.05) is 18.5 Å². The van der Waals surface area contributed by atoms with E-state index >= 15 is 0 Å². The molecule has 1 heterocycles. The first-order valence-electron chi connectivity index (χ1n) is 6.78. The standard InChI is InChI=1S/C14H18ClN5O/c1-3-17-10(2)6-14(21)19-12-7-11(15)4-5-13(12)20-9-16-8-18-20/h4-5,7-10,17H,3,6H2,1-2H3,(H,19,21). The Balaban J connectivity index is 2.15. The van der Waals surface area contributed by atoms with Crippen LogP contribution in [0.25, 0.3) is 5.69 Å². The Morgan fingerprint density at radius 2 is 2.29 bits per heavy atom. The number of nitrogens with zero attached hydrogens (tertiary/aromatic N) is 3. The molecule has 7 heteroatoms. The lowest BCUT2D eigenvalue weighted by molar-refractivity contribution is -0.116. The zero-order chi connectivity index (χ0) is 15.2. The molecule has 0 fully saturated rings. The van der Waals surface area contributed by atoms with Crippen LogP contribution in [-0.4, -0.2) is 33.3 Å². The molecule has 0 aliphatic carbocycles. The second kappa shape index (κ2) is 7.19. The quantitative estimate of drug-likeness (QED) is 0.858. The highest BCUT2D eigenvalue weighted by molar-refractivity contribution is 6.31. The van der Waals surface area contributed by atoms with Crippen molar-refractivity contribution >= 4 is 23.2 Å². The maximum atomic E-state index is 12.1. The number of carbonyl (C=O) groups is 1. The topological polar surface area (TPSA) is 71.8 Å². The first kappa shape index (κ1) is 15.5. The van der Waals surface area contributed by atoms with Crippen LogP contribution in [0.5, 0.6) is 0 Å². The average Bonchev–Trinajstić information content (AvgIpc) is 2.92. The molecule has 0 saturated carbocycles. The van der Waals surface area contributed by atoms with Gasteiger partial charge in [0.2, 0.25) is 5.91 Å². The van der Waals surface area contributed by atoms with Gasteiger partial charge in [-0.15, -0.1) is 0 Å². The molecule has 21 heavy (non-hydrogen) atoms. The first-order chi connectivity index (χ1) is 10.1. The van der Waals surface area contributed by atoms with Crippen LogP contribution < -0.4 is 10.6 Å². The van der Waals surface area contributed by atoms with Gasteiger partial charge in [-0.05, 0) is 31.7 Å². The van der Waals surface area contributed by atoms with Gasteiger partial charge in [-0.3, -0.25) is 4.79 Å². The van der Waals surface area contributed by atoms with E-state index in [4.69, 9.17) is 11.6 Å². The number of hydrogen-bond donors (Lipinski definition) is 2. The number of halogens is 1. The third-order valence-corrected chi connectivity index (χ3v) is 3.18. The van der Waals surface area contributed by atoms with Crippen LogP contribution in [0.15, 0.2) is 30.9 Å². The Bertz CT molecular complexity index is 599. The van der Waals surface area contributed by atoms with Gasteiger partial charge in [0.1, 0.15) is 12.7 Å². The van der Waals surface area contributed by atoms with Crippen molar-refractivity contribution < 1.29 is 4.79 Å². The zero-order valence-electron chi connectivity index (χ0n) is 12.0. The van der Waals surface area contributed by atoms with Crippen LogP contribution in [0.3, 0.4) is 0 Å². The summed E-state index contributed by atoms with van der Waals surface area (Å²) in [7, 11) is 0. The van der Waals surface area contributed by atoms with Gasteiger partial charge in [0.15, 0.2) is 0 Å². The van der Waals surface area contributed by atoms with Gasteiger partial charge >= 0.3 is 0 Å². The lowest BCUT2D eigenvalue weighted by atomic mass is 10.2. The molecule has 0 saturated heterocycles. The number of hydrogen-bond acceptors (Lipinski definition) is 4. The molecule has 112 valence electrons. The number of anilines is 1. The van der Waals surface area contributed by atoms with E-state index in [0.717, 1.165) is 12.2 Å². The van der Waals surface area contributed by atoms with Crippen molar-refractivity contribution in [2.24, 2.45) is 0 Å². The zero-order valence-corrected chi connectivity index (χ0v) is 12.8. The van der Waals surface area contributed by atoms with Gasteiger partial charge in [-0.2, -0.15) is 5.10 Å². The van der Waals surface area contributed by atoms with Crippen molar-refractivity contribution in [3.05, 3.63) is 35.9 Å². The highest BCUT2D eigenvalue weighted by atomic mass is 35.5. The third-order valence-electron chi connectivity index (χ3n) is 2.94. The molecule has 1 amide bonds. The SMILES string of the molecule is CCNC(C)CC(=O)Nc1cc(Cl)ccc1-n1cncn1. The van der Waals surface area contributed by atoms with Crippen LogP contribution in [0.2, 0.25) is 5.02 Å². The monoisotopic (exact) mass is 307 g/mol. The van der Waals surface area contributed by atoms with Crippen molar-refractivity contribution in [3.63, 3.8) is 0 Å². The lowest BCUT2D eigenvalue weighted by Gasteiger charge is -2.14. The fourth-order valence-corrected chi connectivity index (χ4v) is 2.21. The number of amides is 1. The molecule has 0 radical (unpaired) electrons. The van der Waals surface area contributed by atoms with E-state index in [9.17, 15) is 4.79 Å². The van der Waals surface area contributed by atoms with Crippen molar-refractivity contribution in [1.29, 1.82) is 0 Å². The van der Waals surface area contributed by atoms with Gasteiger partial charge in [-0.25, -0.2) is 9.67 Å². The van der Waals surface area contributed by atoms with Crippen molar-refractivity contribution in [2.45, 2.75) is 26.3 Å². The molecule has 2 rings (SSSR count). The minimum atomic E-state index is -0.0768. The third kappa shape index (κ3) is 4.27. The van der Waals surface area contributed by atoms with E-state index in [1.54, 1.807) is 29.2 Å². The molecule has 0 spiro atoms. The van der Waals surface area contributed by atoms with E-state index < -0.39 is 0 Å². The van der Waals surface area contributed by atoms with Gasteiger partial charge in [0.25, 0.3) is 0 Å². The maximum absolute atomic E-state index is 12.1. The van der Waals surface area contributed by atoms with Crippen LogP contribution in [0.1, 0.15) is 20.3 Å². The average molecular weight is 308 g/mol. The molecule has 2 N–H and O–H groups in total. The fourth-order valence-electron chi connectivity index (χ4n) is 2.04. The number of benzene rings is 1. The summed E-state index contributed by atoms with van der Waals surface area (Å²) in [6.07, 6.45) is 3.39. The van der Waals surface area contributed by atoms with Crippen LogP contribution in [0, 0.1) is 0 Å². The second-order valence-corrected chi connectivity index (χ2v) is 5.15. The van der Waals surface area contributed by atoms with Gasteiger partial charge in [0.05, 0.1) is 11.4 Å². The molecular formula is C14H18ClN5O. The van der Waals surface area contributed by atoms with Crippen molar-refractivity contribution in [3.8, 4) is 5.69 Å². The maximum Gasteiger partial charge on any atom is 0.225 e. The Hall–Kier alpha value is -1.92. The highest BCUT2D eigenvalue weighted by Gasteiger charge is 2.12. The van der Waals surface area contributed by atoms with Crippen LogP contribution >= 0.6 is 11.6 Å². The molecule has 1 aromatic carbocycles. The number of nitrogens with one attached hydrogen (secondary N) is 2. The molecule has 1 unspecified atom stereocenters. The molecule has 1 aromatic heterocycles. The molecule has 2 aromatic rings. The molecule has 0 bridgehead atoms. The Labute approximate surface area is 128 Å². The van der Waals surface area contributed by atoms with Crippen molar-refractivity contribution in [2.75, 3.05) is 11.9 Å². The summed E-state index contributed by atoms with van der Waals surface area (Å²) in [5, 5.41) is 10.7. The minimum absolute atomic E-state index is 0.0768. The Kier molecular flexibility index (Phi) is 5.30. The Morgan fingerprint density at radius 3 is 2.95 bits per heavy atom. The molecule has 1 atom stereocenters. The predicted molar refractivity (Wildman–Crippen MR) is 82.8 cm³/mol. The highest BCUT2D eigenvalue weighted by Crippen LogP contribution is 2.24. The van der Waals surface area contributed by atoms with Gasteiger partial charge < -0.3 is 10.6 Å². The predicted octanol–water partition coefficient (Wildman–Crippen LogP) is 2.25. The lowest BCUT2D eigenvalue weighted by Crippen LogP contribution is -2.30. The molecular weight excluding hydrogens is 290 g/mol. The fraction of sp³-hybridized carbons (Fsp3) is 0.357. The Morgan fingerprint density at radius 1 is 1.48 bits per heavy atom. The summed E-state index contributed by atoms with van der Waals surface area (Å²) in [6, 6.07) is 5.36. The molecule has 0 aliphatic rings. The van der Waals surface area contributed by atoms with Crippen LogP contribution in [0.4, 0.5) is 5.69 Å². The van der Waals surface area contributed by atoms with Crippen molar-refractivity contribution in [1.82, 2.24) is 20.1 Å². The normalized spacial score (nSPS) is 12.1. The largest absolute Gasteiger partial charge is 0.324 e. The van der Waals surface area contributed by atoms with E-state index in [2.05, 4.69) is 20.7 Å². The van der Waals surface area contributed by atoms with Gasteiger partial charge in [0, 0.05) is 17.5 Å². The number of carbonyl (C=O) groups excluding carboxylic acids is 1. The van der Waals surface area contributed by atoms with E-state index in [0.29, 0.717) is 17.1 Å². The smallest absolute Gasteiger partial charge is 0.225 e. The summed E-state index contributed by atoms with van der Waals surface area (Å²) >= 11 is 6.01. The van der Waals surface area contributed by atoms with E-state index in [-0.39, 0.29) is 11.9 Å². The summed E-state index contributed by atoms with van der Waals surface area (Å²) in [4.78, 5) is 16.0. The van der Waals surface area contributed by atoms with Crippen LogP contribution in [-0.2, 0) is 4.79 Å². The second-order valence-electron chi connectivity index (χ2n) is 4.71. The number of aromatic nitrogens is 3. The van der Waals surface area contributed by atoms with E-state index in [1.165, 1.54) is 6.33 Å².